The summed E-state index contributed by atoms with van der Waals surface area (Å²) in [6.45, 7) is 1.96. The maximum Gasteiger partial charge on any atom is 0.315 e. The van der Waals surface area contributed by atoms with Crippen molar-refractivity contribution < 1.29 is 27.5 Å². The highest BCUT2D eigenvalue weighted by molar-refractivity contribution is 5.81. The van der Waals surface area contributed by atoms with Gasteiger partial charge in [0.25, 0.3) is 5.91 Å². The summed E-state index contributed by atoms with van der Waals surface area (Å²) in [7, 11) is 0. The van der Waals surface area contributed by atoms with Gasteiger partial charge < -0.3 is 15.7 Å². The van der Waals surface area contributed by atoms with Crippen molar-refractivity contribution in [2.75, 3.05) is 6.54 Å². The van der Waals surface area contributed by atoms with E-state index in [0.29, 0.717) is 6.07 Å². The number of hydrogen-bond donors (Lipinski definition) is 3. The number of fused-ring (bicyclic) bond motifs is 1. The molecule has 2 aromatic rings. The van der Waals surface area contributed by atoms with Crippen LogP contribution >= 0.6 is 0 Å². The quantitative estimate of drug-likeness (QED) is 0.397. The van der Waals surface area contributed by atoms with E-state index in [4.69, 9.17) is 0 Å². The lowest BCUT2D eigenvalue weighted by Gasteiger charge is -2.27. The molecular weight excluding hydrogens is 424 g/mol. The summed E-state index contributed by atoms with van der Waals surface area (Å²) >= 11 is 0. The van der Waals surface area contributed by atoms with Crippen LogP contribution < -0.4 is 10.6 Å². The van der Waals surface area contributed by atoms with E-state index >= 15 is 0 Å². The molecule has 2 aromatic carbocycles. The SMILES string of the molecule is CCc1ccc2c(c1)C(NC/C(O)=C(\Cc1cc(F)cc(F)c1)NC(=O)C(F)F)CCC2. The first kappa shape index (κ1) is 23.8. The average molecular weight is 450 g/mol. The number of aliphatic hydroxyl groups excluding tert-OH is 1. The smallest absolute Gasteiger partial charge is 0.315 e. The average Bonchev–Trinajstić information content (AvgIpc) is 2.75. The number of hydrogen-bond acceptors (Lipinski definition) is 3. The van der Waals surface area contributed by atoms with Gasteiger partial charge in [-0.05, 0) is 60.1 Å². The first-order valence-electron chi connectivity index (χ1n) is 10.6. The number of halogens is 4. The molecule has 0 fully saturated rings. The normalized spacial score (nSPS) is 16.5. The number of allylic oxidation sites excluding steroid dienone is 1. The lowest BCUT2D eigenvalue weighted by atomic mass is 9.86. The van der Waals surface area contributed by atoms with Crippen LogP contribution in [0.1, 0.15) is 48.1 Å². The van der Waals surface area contributed by atoms with Crippen LogP contribution in [-0.2, 0) is 24.1 Å². The van der Waals surface area contributed by atoms with Crippen molar-refractivity contribution in [2.45, 2.75) is 51.5 Å². The standard InChI is InChI=1S/C24H26F4N2O2/c1-2-14-6-7-16-4-3-5-20(19(16)10-14)29-13-22(31)21(30-24(32)23(27)28)11-15-8-17(25)12-18(26)9-15/h6-10,12,20,23,29,31H,2-5,11,13H2,1H3,(H,30,32)/b22-21-. The number of benzene rings is 2. The molecule has 1 amide bonds. The number of carbonyl (C=O) groups excluding carboxylic acids is 1. The van der Waals surface area contributed by atoms with E-state index in [2.05, 4.69) is 30.4 Å². The van der Waals surface area contributed by atoms with Gasteiger partial charge in [-0.1, -0.05) is 25.1 Å². The van der Waals surface area contributed by atoms with E-state index in [1.165, 1.54) is 11.1 Å². The first-order valence-corrected chi connectivity index (χ1v) is 10.6. The zero-order valence-electron chi connectivity index (χ0n) is 17.7. The Kier molecular flexibility index (Phi) is 7.90. The molecule has 0 bridgehead atoms. The van der Waals surface area contributed by atoms with Crippen molar-refractivity contribution in [3.05, 3.63) is 81.7 Å². The molecule has 172 valence electrons. The predicted molar refractivity (Wildman–Crippen MR) is 113 cm³/mol. The fourth-order valence-corrected chi connectivity index (χ4v) is 3.95. The molecule has 0 saturated heterocycles. The third kappa shape index (κ3) is 6.09. The van der Waals surface area contributed by atoms with Crippen molar-refractivity contribution in [3.63, 3.8) is 0 Å². The molecular formula is C24H26F4N2O2. The van der Waals surface area contributed by atoms with Crippen molar-refractivity contribution in [2.24, 2.45) is 0 Å². The van der Waals surface area contributed by atoms with Gasteiger partial charge >= 0.3 is 6.43 Å². The molecule has 3 rings (SSSR count). The molecule has 0 radical (unpaired) electrons. The Morgan fingerprint density at radius 1 is 1.12 bits per heavy atom. The van der Waals surface area contributed by atoms with Crippen LogP contribution in [0.5, 0.6) is 0 Å². The summed E-state index contributed by atoms with van der Waals surface area (Å²) in [5, 5.41) is 15.8. The van der Waals surface area contributed by atoms with Gasteiger partial charge in [0.1, 0.15) is 17.4 Å². The maximum absolute atomic E-state index is 13.5. The van der Waals surface area contributed by atoms with Crippen LogP contribution in [0.25, 0.3) is 0 Å². The van der Waals surface area contributed by atoms with Crippen molar-refractivity contribution in [1.82, 2.24) is 10.6 Å². The zero-order chi connectivity index (χ0) is 23.3. The second-order valence-electron chi connectivity index (χ2n) is 7.88. The third-order valence-electron chi connectivity index (χ3n) is 5.57. The van der Waals surface area contributed by atoms with Crippen molar-refractivity contribution in [1.29, 1.82) is 0 Å². The van der Waals surface area contributed by atoms with Crippen LogP contribution in [-0.4, -0.2) is 24.0 Å². The summed E-state index contributed by atoms with van der Waals surface area (Å²) in [4.78, 5) is 11.5. The molecule has 0 heterocycles. The van der Waals surface area contributed by atoms with E-state index in [9.17, 15) is 27.5 Å². The maximum atomic E-state index is 13.5. The van der Waals surface area contributed by atoms with E-state index < -0.39 is 24.0 Å². The van der Waals surface area contributed by atoms with E-state index in [0.717, 1.165) is 43.4 Å². The Morgan fingerprint density at radius 2 is 1.84 bits per heavy atom. The number of rotatable bonds is 8. The molecule has 1 aliphatic rings. The summed E-state index contributed by atoms with van der Waals surface area (Å²) in [5.74, 6) is -3.66. The Balaban J connectivity index is 1.81. The number of aryl methyl sites for hydroxylation is 2. The number of amides is 1. The minimum Gasteiger partial charge on any atom is -0.509 e. The van der Waals surface area contributed by atoms with Crippen molar-refractivity contribution in [3.8, 4) is 0 Å². The summed E-state index contributed by atoms with van der Waals surface area (Å²) in [6.07, 6.45) is 0.0217. The van der Waals surface area contributed by atoms with E-state index in [1.807, 2.05) is 5.32 Å². The highest BCUT2D eigenvalue weighted by Crippen LogP contribution is 2.30. The van der Waals surface area contributed by atoms with Gasteiger partial charge in [0.05, 0.1) is 12.2 Å². The van der Waals surface area contributed by atoms with Gasteiger partial charge in [0.15, 0.2) is 0 Å². The second-order valence-corrected chi connectivity index (χ2v) is 7.88. The van der Waals surface area contributed by atoms with Gasteiger partial charge in [0.2, 0.25) is 0 Å². The summed E-state index contributed by atoms with van der Waals surface area (Å²) in [5.41, 5.74) is 3.40. The molecule has 0 aromatic heterocycles. The lowest BCUT2D eigenvalue weighted by Crippen LogP contribution is -2.33. The molecule has 8 heteroatoms. The highest BCUT2D eigenvalue weighted by atomic mass is 19.3. The van der Waals surface area contributed by atoms with Crippen LogP contribution in [0.15, 0.2) is 47.9 Å². The van der Waals surface area contributed by atoms with Crippen LogP contribution in [0, 0.1) is 11.6 Å². The van der Waals surface area contributed by atoms with Crippen molar-refractivity contribution >= 4 is 5.91 Å². The van der Waals surface area contributed by atoms with Gasteiger partial charge in [-0.25, -0.2) is 8.78 Å². The number of nitrogens with one attached hydrogen (secondary N) is 2. The molecule has 0 aliphatic heterocycles. The molecule has 1 unspecified atom stereocenters. The zero-order valence-corrected chi connectivity index (χ0v) is 17.7. The largest absolute Gasteiger partial charge is 0.509 e. The van der Waals surface area contributed by atoms with E-state index in [-0.39, 0.29) is 36.0 Å². The molecule has 3 N–H and O–H groups in total. The highest BCUT2D eigenvalue weighted by Gasteiger charge is 2.22. The van der Waals surface area contributed by atoms with Crippen LogP contribution in [0.3, 0.4) is 0 Å². The topological polar surface area (TPSA) is 61.4 Å². The molecule has 0 spiro atoms. The number of alkyl halides is 2. The number of carbonyl (C=O) groups is 1. The third-order valence-corrected chi connectivity index (χ3v) is 5.57. The van der Waals surface area contributed by atoms with Gasteiger partial charge in [-0.2, -0.15) is 8.78 Å². The molecule has 32 heavy (non-hydrogen) atoms. The molecule has 1 aliphatic carbocycles. The Hall–Kier alpha value is -2.87. The van der Waals surface area contributed by atoms with Gasteiger partial charge in [-0.3, -0.25) is 4.79 Å². The molecule has 1 atom stereocenters. The minimum atomic E-state index is -3.30. The van der Waals surface area contributed by atoms with Gasteiger partial charge in [-0.15, -0.1) is 0 Å². The second kappa shape index (κ2) is 10.6. The fraction of sp³-hybridized carbons (Fsp3) is 0.375. The van der Waals surface area contributed by atoms with Crippen LogP contribution in [0.4, 0.5) is 17.6 Å². The summed E-state index contributed by atoms with van der Waals surface area (Å²) < 4.78 is 52.6. The number of aliphatic hydroxyl groups is 1. The van der Waals surface area contributed by atoms with Gasteiger partial charge in [0, 0.05) is 18.5 Å². The lowest BCUT2D eigenvalue weighted by molar-refractivity contribution is -0.131. The Morgan fingerprint density at radius 3 is 2.50 bits per heavy atom. The molecule has 0 saturated carbocycles. The monoisotopic (exact) mass is 450 g/mol. The molecule has 4 nitrogen and oxygen atoms in total. The predicted octanol–water partition coefficient (Wildman–Crippen LogP) is 4.89. The first-order chi connectivity index (χ1) is 15.3. The Bertz CT molecular complexity index is 987. The summed E-state index contributed by atoms with van der Waals surface area (Å²) in [6, 6.07) is 8.98. The van der Waals surface area contributed by atoms with Crippen LogP contribution in [0.2, 0.25) is 0 Å². The minimum absolute atomic E-state index is 0.0499. The Labute approximate surface area is 184 Å². The van der Waals surface area contributed by atoms with E-state index in [1.54, 1.807) is 0 Å². The fourth-order valence-electron chi connectivity index (χ4n) is 3.95.